The lowest BCUT2D eigenvalue weighted by atomic mass is 10.00. The number of carbonyl (C=O) groups is 2. The molecule has 6 heteroatoms. The summed E-state index contributed by atoms with van der Waals surface area (Å²) in [5.74, 6) is 0.113. The number of hydrogen-bond acceptors (Lipinski definition) is 4. The van der Waals surface area contributed by atoms with Crippen LogP contribution in [0, 0.1) is 5.92 Å². The number of likely N-dealkylation sites (N-methyl/N-ethyl adjacent to an activating group) is 1. The summed E-state index contributed by atoms with van der Waals surface area (Å²) in [5, 5.41) is 13.4. The van der Waals surface area contributed by atoms with E-state index in [4.69, 9.17) is 4.74 Å². The van der Waals surface area contributed by atoms with Gasteiger partial charge in [0.2, 0.25) is 11.8 Å². The van der Waals surface area contributed by atoms with Crippen LogP contribution in [0.5, 0.6) is 0 Å². The van der Waals surface area contributed by atoms with E-state index in [0.717, 1.165) is 18.5 Å². The number of nitrogens with one attached hydrogen (secondary N) is 1. The largest absolute Gasteiger partial charge is 0.386 e. The molecule has 0 bridgehead atoms. The van der Waals surface area contributed by atoms with Crippen molar-refractivity contribution >= 4 is 17.5 Å². The molecule has 0 spiro atoms. The molecule has 1 heterocycles. The Hall–Kier alpha value is -1.92. The Balaban J connectivity index is 1.67. The molecule has 2 atom stereocenters. The number of benzene rings is 1. The van der Waals surface area contributed by atoms with Crippen LogP contribution >= 0.6 is 0 Å². The molecular weight excluding hydrogens is 296 g/mol. The molecule has 0 radical (unpaired) electrons. The quantitative estimate of drug-likeness (QED) is 0.858. The Morgan fingerprint density at radius 2 is 2.09 bits per heavy atom. The number of aliphatic hydroxyl groups is 1. The summed E-state index contributed by atoms with van der Waals surface area (Å²) in [6.45, 7) is 2.82. The Kier molecular flexibility index (Phi) is 4.63. The normalized spacial score (nSPS) is 22.8. The standard InChI is InChI=1S/C17H22N2O4/c1-2-19-14(9-23-10-15(19)20)16(21)11-5-7-13(8-6-11)18-17(22)12-3-4-12/h5-8,12,14,16,21H,2-4,9-10H2,1H3,(H,18,22)/t14-,16-/m1/s1. The minimum atomic E-state index is -0.813. The van der Waals surface area contributed by atoms with Crippen LogP contribution in [0.3, 0.4) is 0 Å². The van der Waals surface area contributed by atoms with Gasteiger partial charge in [0.05, 0.1) is 12.6 Å². The third-order valence-corrected chi connectivity index (χ3v) is 4.41. The number of aliphatic hydroxyl groups excluding tert-OH is 1. The van der Waals surface area contributed by atoms with Gasteiger partial charge in [0.15, 0.2) is 0 Å². The second-order valence-corrected chi connectivity index (χ2v) is 6.09. The van der Waals surface area contributed by atoms with Crippen LogP contribution in [0.4, 0.5) is 5.69 Å². The highest BCUT2D eigenvalue weighted by atomic mass is 16.5. The zero-order valence-electron chi connectivity index (χ0n) is 13.2. The topological polar surface area (TPSA) is 78.9 Å². The van der Waals surface area contributed by atoms with Gasteiger partial charge in [0, 0.05) is 18.2 Å². The van der Waals surface area contributed by atoms with Gasteiger partial charge >= 0.3 is 0 Å². The Morgan fingerprint density at radius 1 is 1.39 bits per heavy atom. The molecule has 2 fully saturated rings. The lowest BCUT2D eigenvalue weighted by molar-refractivity contribution is -0.153. The molecule has 0 aromatic heterocycles. The zero-order chi connectivity index (χ0) is 16.4. The van der Waals surface area contributed by atoms with Crippen molar-refractivity contribution < 1.29 is 19.4 Å². The lowest BCUT2D eigenvalue weighted by Gasteiger charge is -2.37. The molecular formula is C17H22N2O4. The average molecular weight is 318 g/mol. The highest BCUT2D eigenvalue weighted by Gasteiger charge is 2.33. The van der Waals surface area contributed by atoms with Crippen LogP contribution in [0.1, 0.15) is 31.4 Å². The van der Waals surface area contributed by atoms with E-state index in [1.54, 1.807) is 29.2 Å². The third kappa shape index (κ3) is 3.54. The summed E-state index contributed by atoms with van der Waals surface area (Å²) >= 11 is 0. The number of anilines is 1. The van der Waals surface area contributed by atoms with Gasteiger partial charge in [-0.3, -0.25) is 9.59 Å². The van der Waals surface area contributed by atoms with Crippen LogP contribution in [-0.4, -0.2) is 47.6 Å². The monoisotopic (exact) mass is 318 g/mol. The van der Waals surface area contributed by atoms with Crippen molar-refractivity contribution in [1.29, 1.82) is 0 Å². The second kappa shape index (κ2) is 6.68. The first-order valence-corrected chi connectivity index (χ1v) is 8.06. The zero-order valence-corrected chi connectivity index (χ0v) is 13.2. The van der Waals surface area contributed by atoms with Crippen LogP contribution in [0.15, 0.2) is 24.3 Å². The van der Waals surface area contributed by atoms with Gasteiger partial charge in [-0.2, -0.15) is 0 Å². The fourth-order valence-corrected chi connectivity index (χ4v) is 2.87. The predicted octanol–water partition coefficient (Wildman–Crippen LogP) is 1.32. The first-order valence-electron chi connectivity index (χ1n) is 8.06. The number of hydrogen-bond donors (Lipinski definition) is 2. The number of amides is 2. The molecule has 0 unspecified atom stereocenters. The number of rotatable bonds is 5. The van der Waals surface area contributed by atoms with Gasteiger partial charge in [-0.1, -0.05) is 12.1 Å². The van der Waals surface area contributed by atoms with E-state index in [-0.39, 0.29) is 30.4 Å². The van der Waals surface area contributed by atoms with Gasteiger partial charge in [0.25, 0.3) is 0 Å². The second-order valence-electron chi connectivity index (χ2n) is 6.09. The number of ether oxygens (including phenoxy) is 1. The van der Waals surface area contributed by atoms with E-state index < -0.39 is 6.10 Å². The maximum atomic E-state index is 11.9. The number of nitrogens with zero attached hydrogens (tertiary/aromatic N) is 1. The molecule has 2 N–H and O–H groups in total. The molecule has 1 aromatic carbocycles. The van der Waals surface area contributed by atoms with Crippen molar-refractivity contribution in [2.24, 2.45) is 5.92 Å². The maximum absolute atomic E-state index is 11.9. The van der Waals surface area contributed by atoms with Crippen LogP contribution in [0.25, 0.3) is 0 Å². The van der Waals surface area contributed by atoms with E-state index in [0.29, 0.717) is 18.7 Å². The molecule has 2 amide bonds. The molecule has 1 saturated carbocycles. The molecule has 1 aliphatic heterocycles. The number of morpholine rings is 1. The number of carbonyl (C=O) groups excluding carboxylic acids is 2. The minimum absolute atomic E-state index is 0.0572. The van der Waals surface area contributed by atoms with Crippen molar-refractivity contribution in [3.8, 4) is 0 Å². The Bertz CT molecular complexity index is 583. The fourth-order valence-electron chi connectivity index (χ4n) is 2.87. The molecule has 1 aliphatic carbocycles. The maximum Gasteiger partial charge on any atom is 0.248 e. The Labute approximate surface area is 135 Å². The van der Waals surface area contributed by atoms with Crippen molar-refractivity contribution in [3.63, 3.8) is 0 Å². The fraction of sp³-hybridized carbons (Fsp3) is 0.529. The van der Waals surface area contributed by atoms with Crippen molar-refractivity contribution in [3.05, 3.63) is 29.8 Å². The molecule has 3 rings (SSSR count). The summed E-state index contributed by atoms with van der Waals surface area (Å²) in [4.78, 5) is 25.2. The van der Waals surface area contributed by atoms with E-state index in [9.17, 15) is 14.7 Å². The van der Waals surface area contributed by atoms with Crippen LogP contribution in [0.2, 0.25) is 0 Å². The molecule has 2 aliphatic rings. The summed E-state index contributed by atoms with van der Waals surface area (Å²) < 4.78 is 5.27. The van der Waals surface area contributed by atoms with Gasteiger partial charge in [-0.15, -0.1) is 0 Å². The van der Waals surface area contributed by atoms with Crippen molar-refractivity contribution in [2.45, 2.75) is 31.9 Å². The smallest absolute Gasteiger partial charge is 0.248 e. The lowest BCUT2D eigenvalue weighted by Crippen LogP contribution is -2.51. The predicted molar refractivity (Wildman–Crippen MR) is 84.7 cm³/mol. The van der Waals surface area contributed by atoms with Gasteiger partial charge < -0.3 is 20.1 Å². The first kappa shape index (κ1) is 16.0. The average Bonchev–Trinajstić information content (AvgIpc) is 3.39. The molecule has 1 saturated heterocycles. The summed E-state index contributed by atoms with van der Waals surface area (Å²) in [6.07, 6.45) is 1.11. The summed E-state index contributed by atoms with van der Waals surface area (Å²) in [5.41, 5.74) is 1.43. The van der Waals surface area contributed by atoms with Gasteiger partial charge in [0.1, 0.15) is 12.7 Å². The van der Waals surface area contributed by atoms with Crippen molar-refractivity contribution in [2.75, 3.05) is 25.1 Å². The first-order chi connectivity index (χ1) is 11.1. The molecule has 6 nitrogen and oxygen atoms in total. The molecule has 1 aromatic rings. The summed E-state index contributed by atoms with van der Waals surface area (Å²) in [6, 6.07) is 6.73. The van der Waals surface area contributed by atoms with Crippen molar-refractivity contribution in [1.82, 2.24) is 4.90 Å². The Morgan fingerprint density at radius 3 is 2.70 bits per heavy atom. The van der Waals surface area contributed by atoms with Gasteiger partial charge in [-0.05, 0) is 37.5 Å². The SMILES string of the molecule is CCN1C(=O)COC[C@@H]1[C@H](O)c1ccc(NC(=O)C2CC2)cc1. The molecule has 23 heavy (non-hydrogen) atoms. The van der Waals surface area contributed by atoms with Crippen LogP contribution < -0.4 is 5.32 Å². The van der Waals surface area contributed by atoms with E-state index >= 15 is 0 Å². The third-order valence-electron chi connectivity index (χ3n) is 4.41. The highest BCUT2D eigenvalue weighted by molar-refractivity contribution is 5.94. The van der Waals surface area contributed by atoms with E-state index in [1.165, 1.54) is 0 Å². The van der Waals surface area contributed by atoms with Crippen LogP contribution in [-0.2, 0) is 14.3 Å². The van der Waals surface area contributed by atoms with E-state index in [2.05, 4.69) is 5.32 Å². The minimum Gasteiger partial charge on any atom is -0.386 e. The van der Waals surface area contributed by atoms with E-state index in [1.807, 2.05) is 6.92 Å². The molecule has 124 valence electrons. The summed E-state index contributed by atoms with van der Waals surface area (Å²) in [7, 11) is 0. The van der Waals surface area contributed by atoms with Gasteiger partial charge in [-0.25, -0.2) is 0 Å². The highest BCUT2D eigenvalue weighted by Crippen LogP contribution is 2.30.